The van der Waals surface area contributed by atoms with Gasteiger partial charge in [-0.25, -0.2) is 13.0 Å². The van der Waals surface area contributed by atoms with E-state index in [0.717, 1.165) is 0 Å². The van der Waals surface area contributed by atoms with Gasteiger partial charge in [0.25, 0.3) is 5.52 Å². The molecular weight excluding hydrogens is 326 g/mol. The molecule has 0 aliphatic heterocycles. The smallest absolute Gasteiger partial charge is 0.350 e. The van der Waals surface area contributed by atoms with E-state index in [2.05, 4.69) is 0 Å². The topological polar surface area (TPSA) is 68.0 Å². The van der Waals surface area contributed by atoms with Crippen LogP contribution in [0.4, 0.5) is 8.78 Å². The first-order chi connectivity index (χ1) is 10.9. The van der Waals surface area contributed by atoms with Gasteiger partial charge in [0.05, 0.1) is 16.2 Å². The third-order valence-electron chi connectivity index (χ3n) is 3.39. The second kappa shape index (κ2) is 5.54. The summed E-state index contributed by atoms with van der Waals surface area (Å²) < 4.78 is 39.8. The normalized spacial score (nSPS) is 12.5. The number of halogens is 2. The van der Waals surface area contributed by atoms with Crippen molar-refractivity contribution in [3.8, 4) is 0 Å². The molecule has 0 N–H and O–H groups in total. The quantitative estimate of drug-likeness (QED) is 0.676. The van der Waals surface area contributed by atoms with Gasteiger partial charge in [-0.05, 0) is 19.1 Å². The standard InChI is InChI=1S/C15H10F2N2O3S/c1-9-15(23(22)10-5-3-2-4-6-10)19(21)14-8-12(17)11(16)7-13(14)18(9)20/h2-8H,1H3. The molecule has 0 saturated heterocycles. The summed E-state index contributed by atoms with van der Waals surface area (Å²) in [5.41, 5.74) is -0.852. The minimum atomic E-state index is -1.93. The molecule has 2 aromatic carbocycles. The van der Waals surface area contributed by atoms with Crippen LogP contribution in [0.25, 0.3) is 11.0 Å². The first-order valence-electron chi connectivity index (χ1n) is 6.53. The molecule has 1 unspecified atom stereocenters. The second-order valence-electron chi connectivity index (χ2n) is 4.82. The largest absolute Gasteiger partial charge is 0.805 e. The van der Waals surface area contributed by atoms with E-state index in [1.807, 2.05) is 0 Å². The van der Waals surface area contributed by atoms with Crippen molar-refractivity contribution in [3.05, 3.63) is 69.9 Å². The van der Waals surface area contributed by atoms with Crippen LogP contribution in [0.5, 0.6) is 0 Å². The number of hydrogen-bond donors (Lipinski definition) is 0. The predicted octanol–water partition coefficient (Wildman–Crippen LogP) is 2.66. The maximum atomic E-state index is 13.4. The van der Waals surface area contributed by atoms with E-state index in [4.69, 9.17) is 0 Å². The number of aromatic nitrogens is 2. The van der Waals surface area contributed by atoms with Crippen molar-refractivity contribution in [1.29, 1.82) is 0 Å². The summed E-state index contributed by atoms with van der Waals surface area (Å²) in [5, 5.41) is 11.9. The van der Waals surface area contributed by atoms with Crippen LogP contribution in [0.3, 0.4) is 0 Å². The second-order valence-corrected chi connectivity index (χ2v) is 6.21. The van der Waals surface area contributed by atoms with Crippen LogP contribution in [0.15, 0.2) is 52.4 Å². The Bertz CT molecular complexity index is 1000. The molecule has 0 aliphatic rings. The van der Waals surface area contributed by atoms with Crippen LogP contribution in [-0.2, 0) is 10.8 Å². The molecule has 1 aromatic heterocycles. The van der Waals surface area contributed by atoms with Crippen molar-refractivity contribution in [2.75, 3.05) is 0 Å². The molecular formula is C15H10F2N2O3S. The lowest BCUT2D eigenvalue weighted by atomic mass is 10.2. The Morgan fingerprint density at radius 1 is 1.13 bits per heavy atom. The average molecular weight is 336 g/mol. The number of rotatable bonds is 2. The van der Waals surface area contributed by atoms with Crippen molar-refractivity contribution in [3.63, 3.8) is 0 Å². The lowest BCUT2D eigenvalue weighted by molar-refractivity contribution is -0.511. The van der Waals surface area contributed by atoms with Gasteiger partial charge in [0.2, 0.25) is 0 Å². The Hall–Kier alpha value is -2.61. The highest BCUT2D eigenvalue weighted by atomic mass is 32.2. The van der Waals surface area contributed by atoms with Gasteiger partial charge in [0.15, 0.2) is 22.4 Å². The molecule has 0 amide bonds. The highest BCUT2D eigenvalue weighted by Crippen LogP contribution is 2.21. The first-order valence-corrected chi connectivity index (χ1v) is 7.68. The van der Waals surface area contributed by atoms with Gasteiger partial charge in [-0.2, -0.15) is 0 Å². The van der Waals surface area contributed by atoms with Crippen LogP contribution in [0.1, 0.15) is 5.69 Å². The van der Waals surface area contributed by atoms with Gasteiger partial charge in [0.1, 0.15) is 5.52 Å². The Labute approximate surface area is 131 Å². The molecule has 1 atom stereocenters. The van der Waals surface area contributed by atoms with E-state index in [-0.39, 0.29) is 30.9 Å². The first kappa shape index (κ1) is 15.3. The van der Waals surface area contributed by atoms with E-state index < -0.39 is 22.4 Å². The van der Waals surface area contributed by atoms with Crippen LogP contribution >= 0.6 is 0 Å². The molecule has 5 nitrogen and oxygen atoms in total. The third-order valence-corrected chi connectivity index (χ3v) is 4.90. The number of nitrogens with zero attached hydrogens (tertiary/aromatic N) is 2. The van der Waals surface area contributed by atoms with E-state index in [9.17, 15) is 23.1 Å². The van der Waals surface area contributed by atoms with E-state index in [1.54, 1.807) is 30.3 Å². The zero-order chi connectivity index (χ0) is 16.7. The summed E-state index contributed by atoms with van der Waals surface area (Å²) in [7, 11) is -1.93. The number of fused-ring (bicyclic) bond motifs is 1. The summed E-state index contributed by atoms with van der Waals surface area (Å²) in [6.45, 7) is 1.30. The van der Waals surface area contributed by atoms with Gasteiger partial charge in [-0.1, -0.05) is 18.2 Å². The summed E-state index contributed by atoms with van der Waals surface area (Å²) in [6.07, 6.45) is 0. The zero-order valence-electron chi connectivity index (χ0n) is 11.8. The van der Waals surface area contributed by atoms with E-state index in [0.29, 0.717) is 17.0 Å². The summed E-state index contributed by atoms with van der Waals surface area (Å²) in [5.74, 6) is -2.50. The fraction of sp³-hybridized carbons (Fsp3) is 0.0667. The Balaban J connectivity index is 2.37. The Kier molecular flexibility index (Phi) is 3.69. The predicted molar refractivity (Wildman–Crippen MR) is 79.8 cm³/mol. The molecule has 8 heteroatoms. The molecule has 0 fully saturated rings. The molecule has 0 aliphatic carbocycles. The minimum absolute atomic E-state index is 0.138. The van der Waals surface area contributed by atoms with Crippen molar-refractivity contribution >= 4 is 21.8 Å². The highest BCUT2D eigenvalue weighted by molar-refractivity contribution is 7.85. The molecule has 23 heavy (non-hydrogen) atoms. The monoisotopic (exact) mass is 336 g/mol. The molecule has 0 bridgehead atoms. The lowest BCUT2D eigenvalue weighted by Gasteiger charge is -2.16. The molecule has 0 saturated carbocycles. The van der Waals surface area contributed by atoms with Crippen LogP contribution in [-0.4, -0.2) is 8.94 Å². The lowest BCUT2D eigenvalue weighted by Crippen LogP contribution is -2.28. The zero-order valence-corrected chi connectivity index (χ0v) is 12.6. The van der Waals surface area contributed by atoms with Gasteiger partial charge in [-0.15, -0.1) is 0 Å². The van der Waals surface area contributed by atoms with Crippen LogP contribution in [0, 0.1) is 28.7 Å². The molecule has 1 heterocycles. The molecule has 3 rings (SSSR count). The third kappa shape index (κ3) is 2.40. The van der Waals surface area contributed by atoms with Gasteiger partial charge in [-0.3, -0.25) is 0 Å². The minimum Gasteiger partial charge on any atom is -0.805 e. The van der Waals surface area contributed by atoms with Gasteiger partial charge < -0.3 is 9.94 Å². The summed E-state index contributed by atoms with van der Waals surface area (Å²) >= 11 is 0. The fourth-order valence-electron chi connectivity index (χ4n) is 2.24. The van der Waals surface area contributed by atoms with E-state index in [1.165, 1.54) is 6.92 Å². The average Bonchev–Trinajstić information content (AvgIpc) is 2.55. The maximum Gasteiger partial charge on any atom is 0.350 e. The Morgan fingerprint density at radius 3 is 2.39 bits per heavy atom. The van der Waals surface area contributed by atoms with Crippen LogP contribution in [0.2, 0.25) is 0 Å². The van der Waals surface area contributed by atoms with Crippen molar-refractivity contribution < 1.29 is 17.4 Å². The van der Waals surface area contributed by atoms with Crippen LogP contribution < -0.4 is 4.43 Å². The van der Waals surface area contributed by atoms with Gasteiger partial charge >= 0.3 is 5.03 Å². The Morgan fingerprint density at radius 2 is 1.74 bits per heavy atom. The molecule has 3 aromatic rings. The van der Waals surface area contributed by atoms with E-state index >= 15 is 0 Å². The van der Waals surface area contributed by atoms with Crippen molar-refractivity contribution in [2.45, 2.75) is 16.8 Å². The van der Waals surface area contributed by atoms with Gasteiger partial charge in [0, 0.05) is 15.9 Å². The highest BCUT2D eigenvalue weighted by Gasteiger charge is 2.28. The maximum absolute atomic E-state index is 13.4. The molecule has 118 valence electrons. The number of benzene rings is 2. The molecule has 0 radical (unpaired) electrons. The summed E-state index contributed by atoms with van der Waals surface area (Å²) in [4.78, 5) is 12.8. The van der Waals surface area contributed by atoms with Crippen molar-refractivity contribution in [1.82, 2.24) is 4.73 Å². The number of hydrogen-bond acceptors (Lipinski definition) is 3. The van der Waals surface area contributed by atoms with Crippen molar-refractivity contribution in [2.24, 2.45) is 0 Å². The summed E-state index contributed by atoms with van der Waals surface area (Å²) in [6, 6.07) is 9.34. The SMILES string of the molecule is Cc1c(S(=O)c2ccccc2)[n+](=O)c2cc(F)c(F)cc2n1[O-]. The molecule has 0 spiro atoms. The fourth-order valence-corrected chi connectivity index (χ4v) is 3.47.